The highest BCUT2D eigenvalue weighted by atomic mass is 32.2. The van der Waals surface area contributed by atoms with Gasteiger partial charge < -0.3 is 10.1 Å². The number of benzene rings is 1. The lowest BCUT2D eigenvalue weighted by Gasteiger charge is -2.31. The van der Waals surface area contributed by atoms with Gasteiger partial charge in [-0.1, -0.05) is 12.1 Å². The molecular weight excluding hydrogens is 366 g/mol. The fourth-order valence-corrected chi connectivity index (χ4v) is 4.20. The SMILES string of the molecule is CCS(=O)(=O)N1CCC[C@H](C(=O)Nc2ccccc2Oc2cccnc2)C1. The standard InChI is InChI=1S/C19H23N3O4S/c1-2-27(24,25)22-12-6-7-15(14-22)19(23)21-17-9-3-4-10-18(17)26-16-8-5-11-20-13-16/h3-5,8-11,13,15H,2,6-7,12,14H2,1H3,(H,21,23)/t15-/m0/s1. The summed E-state index contributed by atoms with van der Waals surface area (Å²) < 4.78 is 31.4. The minimum Gasteiger partial charge on any atom is -0.454 e. The number of pyridine rings is 1. The molecule has 0 radical (unpaired) electrons. The van der Waals surface area contributed by atoms with Gasteiger partial charge in [0.2, 0.25) is 15.9 Å². The number of rotatable bonds is 6. The Kier molecular flexibility index (Phi) is 6.08. The molecule has 27 heavy (non-hydrogen) atoms. The number of aromatic nitrogens is 1. The zero-order valence-electron chi connectivity index (χ0n) is 15.2. The van der Waals surface area contributed by atoms with Gasteiger partial charge in [0, 0.05) is 19.3 Å². The van der Waals surface area contributed by atoms with E-state index in [1.165, 1.54) is 4.31 Å². The lowest BCUT2D eigenvalue weighted by atomic mass is 9.98. The Hall–Kier alpha value is -2.45. The van der Waals surface area contributed by atoms with Crippen LogP contribution in [0.3, 0.4) is 0 Å². The van der Waals surface area contributed by atoms with E-state index >= 15 is 0 Å². The fourth-order valence-electron chi connectivity index (χ4n) is 3.02. The van der Waals surface area contributed by atoms with Gasteiger partial charge in [-0.2, -0.15) is 0 Å². The Morgan fingerprint density at radius 1 is 1.30 bits per heavy atom. The first kappa shape index (κ1) is 19.3. The Balaban J connectivity index is 1.71. The molecule has 0 aliphatic carbocycles. The summed E-state index contributed by atoms with van der Waals surface area (Å²) in [4.78, 5) is 16.7. The van der Waals surface area contributed by atoms with Gasteiger partial charge in [-0.05, 0) is 44.0 Å². The largest absolute Gasteiger partial charge is 0.454 e. The van der Waals surface area contributed by atoms with Crippen LogP contribution in [0.1, 0.15) is 19.8 Å². The maximum atomic E-state index is 12.7. The van der Waals surface area contributed by atoms with E-state index in [9.17, 15) is 13.2 Å². The van der Waals surface area contributed by atoms with Crippen molar-refractivity contribution in [3.8, 4) is 11.5 Å². The van der Waals surface area contributed by atoms with Crippen LogP contribution in [0, 0.1) is 5.92 Å². The van der Waals surface area contributed by atoms with E-state index in [4.69, 9.17) is 4.74 Å². The van der Waals surface area contributed by atoms with Crippen molar-refractivity contribution in [1.29, 1.82) is 0 Å². The Morgan fingerprint density at radius 3 is 2.85 bits per heavy atom. The molecule has 7 nitrogen and oxygen atoms in total. The Morgan fingerprint density at radius 2 is 2.11 bits per heavy atom. The topological polar surface area (TPSA) is 88.6 Å². The van der Waals surface area contributed by atoms with Crippen molar-refractivity contribution in [1.82, 2.24) is 9.29 Å². The molecule has 1 N–H and O–H groups in total. The number of ether oxygens (including phenoxy) is 1. The van der Waals surface area contributed by atoms with Crippen molar-refractivity contribution in [2.75, 3.05) is 24.2 Å². The Bertz CT molecular complexity index is 887. The van der Waals surface area contributed by atoms with E-state index in [1.54, 1.807) is 49.6 Å². The van der Waals surface area contributed by atoms with Crippen LogP contribution in [-0.4, -0.2) is 42.5 Å². The summed E-state index contributed by atoms with van der Waals surface area (Å²) in [5.74, 6) is 0.535. The molecule has 0 saturated carbocycles. The normalized spacial score (nSPS) is 18.0. The quantitative estimate of drug-likeness (QED) is 0.821. The monoisotopic (exact) mass is 389 g/mol. The fraction of sp³-hybridized carbons (Fsp3) is 0.368. The molecule has 1 aromatic carbocycles. The summed E-state index contributed by atoms with van der Waals surface area (Å²) in [6, 6.07) is 10.7. The summed E-state index contributed by atoms with van der Waals surface area (Å²) in [7, 11) is -3.29. The second-order valence-corrected chi connectivity index (χ2v) is 8.63. The second-order valence-electron chi connectivity index (χ2n) is 6.37. The molecule has 1 saturated heterocycles. The Labute approximate surface area is 159 Å². The van der Waals surface area contributed by atoms with Crippen LogP contribution in [0.5, 0.6) is 11.5 Å². The molecule has 1 fully saturated rings. The number of hydrogen-bond acceptors (Lipinski definition) is 5. The lowest BCUT2D eigenvalue weighted by molar-refractivity contribution is -0.120. The first-order valence-electron chi connectivity index (χ1n) is 8.95. The molecule has 0 spiro atoms. The maximum absolute atomic E-state index is 12.7. The zero-order valence-corrected chi connectivity index (χ0v) is 16.0. The maximum Gasteiger partial charge on any atom is 0.228 e. The van der Waals surface area contributed by atoms with Crippen LogP contribution < -0.4 is 10.1 Å². The van der Waals surface area contributed by atoms with E-state index in [1.807, 2.05) is 6.07 Å². The summed E-state index contributed by atoms with van der Waals surface area (Å²) in [5.41, 5.74) is 0.543. The molecule has 1 aliphatic heterocycles. The van der Waals surface area contributed by atoms with Crippen LogP contribution in [0.2, 0.25) is 0 Å². The predicted octanol–water partition coefficient (Wildman–Crippen LogP) is 2.87. The molecule has 1 aromatic heterocycles. The summed E-state index contributed by atoms with van der Waals surface area (Å²) >= 11 is 0. The molecule has 3 rings (SSSR count). The zero-order chi connectivity index (χ0) is 19.3. The first-order chi connectivity index (χ1) is 13.0. The average molecular weight is 389 g/mol. The molecule has 1 atom stereocenters. The third kappa shape index (κ3) is 4.84. The number of carbonyl (C=O) groups is 1. The highest BCUT2D eigenvalue weighted by molar-refractivity contribution is 7.89. The molecule has 144 valence electrons. The predicted molar refractivity (Wildman–Crippen MR) is 103 cm³/mol. The molecule has 0 bridgehead atoms. The number of sulfonamides is 1. The van der Waals surface area contributed by atoms with Gasteiger partial charge in [0.25, 0.3) is 0 Å². The molecule has 2 aromatic rings. The number of carbonyl (C=O) groups excluding carboxylic acids is 1. The van der Waals surface area contributed by atoms with Gasteiger partial charge in [0.1, 0.15) is 5.75 Å². The van der Waals surface area contributed by atoms with Crippen LogP contribution in [0.25, 0.3) is 0 Å². The number of hydrogen-bond donors (Lipinski definition) is 1. The van der Waals surface area contributed by atoms with Crippen LogP contribution in [0.4, 0.5) is 5.69 Å². The number of amides is 1. The van der Waals surface area contributed by atoms with Crippen LogP contribution >= 0.6 is 0 Å². The van der Waals surface area contributed by atoms with Crippen molar-refractivity contribution in [3.05, 3.63) is 48.8 Å². The van der Waals surface area contributed by atoms with Gasteiger partial charge in [-0.15, -0.1) is 0 Å². The highest BCUT2D eigenvalue weighted by Crippen LogP contribution is 2.30. The lowest BCUT2D eigenvalue weighted by Crippen LogP contribution is -2.44. The number of piperidine rings is 1. The minimum absolute atomic E-state index is 0.0448. The number of anilines is 1. The van der Waals surface area contributed by atoms with Crippen molar-refractivity contribution in [3.63, 3.8) is 0 Å². The van der Waals surface area contributed by atoms with E-state index in [0.29, 0.717) is 36.6 Å². The van der Waals surface area contributed by atoms with E-state index in [-0.39, 0.29) is 24.1 Å². The van der Waals surface area contributed by atoms with E-state index in [2.05, 4.69) is 10.3 Å². The molecule has 0 unspecified atom stereocenters. The molecule has 1 aliphatic rings. The van der Waals surface area contributed by atoms with Gasteiger partial charge >= 0.3 is 0 Å². The number of para-hydroxylation sites is 2. The van der Waals surface area contributed by atoms with Crippen LogP contribution in [-0.2, 0) is 14.8 Å². The summed E-state index contributed by atoms with van der Waals surface area (Å²) in [6.45, 7) is 2.30. The highest BCUT2D eigenvalue weighted by Gasteiger charge is 2.31. The minimum atomic E-state index is -3.29. The molecular formula is C19H23N3O4S. The van der Waals surface area contributed by atoms with Gasteiger partial charge in [-0.3, -0.25) is 9.78 Å². The average Bonchev–Trinajstić information content (AvgIpc) is 2.70. The van der Waals surface area contributed by atoms with Crippen molar-refractivity contribution in [2.24, 2.45) is 5.92 Å². The molecule has 8 heteroatoms. The first-order valence-corrected chi connectivity index (χ1v) is 10.6. The summed E-state index contributed by atoms with van der Waals surface area (Å²) in [5, 5.41) is 2.88. The second kappa shape index (κ2) is 8.49. The smallest absolute Gasteiger partial charge is 0.228 e. The van der Waals surface area contributed by atoms with E-state index in [0.717, 1.165) is 0 Å². The molecule has 1 amide bonds. The van der Waals surface area contributed by atoms with Crippen molar-refractivity contribution in [2.45, 2.75) is 19.8 Å². The van der Waals surface area contributed by atoms with Gasteiger partial charge in [0.05, 0.1) is 23.6 Å². The van der Waals surface area contributed by atoms with Gasteiger partial charge in [-0.25, -0.2) is 12.7 Å². The number of nitrogens with one attached hydrogen (secondary N) is 1. The van der Waals surface area contributed by atoms with E-state index < -0.39 is 10.0 Å². The molecule has 2 heterocycles. The van der Waals surface area contributed by atoms with Gasteiger partial charge in [0.15, 0.2) is 5.75 Å². The number of nitrogens with zero attached hydrogens (tertiary/aromatic N) is 2. The van der Waals surface area contributed by atoms with Crippen LogP contribution in [0.15, 0.2) is 48.8 Å². The summed E-state index contributed by atoms with van der Waals surface area (Å²) in [6.07, 6.45) is 4.57. The third-order valence-corrected chi connectivity index (χ3v) is 6.37. The van der Waals surface area contributed by atoms with Crippen molar-refractivity contribution >= 4 is 21.6 Å². The third-order valence-electron chi connectivity index (χ3n) is 4.52. The van der Waals surface area contributed by atoms with Crippen molar-refractivity contribution < 1.29 is 17.9 Å².